The lowest BCUT2D eigenvalue weighted by atomic mass is 10.3. The van der Waals surface area contributed by atoms with Crippen molar-refractivity contribution in [2.75, 3.05) is 26.2 Å². The quantitative estimate of drug-likeness (QED) is 0.673. The molecule has 90 valence electrons. The Bertz CT molecular complexity index is 259. The van der Waals surface area contributed by atoms with Gasteiger partial charge in [0.2, 0.25) is 0 Å². The van der Waals surface area contributed by atoms with Gasteiger partial charge in [0, 0.05) is 12.7 Å². The van der Waals surface area contributed by atoms with Crippen LogP contribution in [0.5, 0.6) is 0 Å². The van der Waals surface area contributed by atoms with Crippen LogP contribution >= 0.6 is 0 Å². The first-order chi connectivity index (χ1) is 7.86. The Morgan fingerprint density at radius 3 is 2.75 bits per heavy atom. The van der Waals surface area contributed by atoms with E-state index in [1.807, 2.05) is 6.07 Å². The summed E-state index contributed by atoms with van der Waals surface area (Å²) >= 11 is 0. The monoisotopic (exact) mass is 222 g/mol. The first kappa shape index (κ1) is 13.1. The molecule has 0 aliphatic rings. The number of nitrogens with zero attached hydrogens (tertiary/aromatic N) is 3. The van der Waals surface area contributed by atoms with Gasteiger partial charge in [-0.3, -0.25) is 0 Å². The van der Waals surface area contributed by atoms with Crippen LogP contribution < -0.4 is 5.32 Å². The van der Waals surface area contributed by atoms with E-state index in [9.17, 15) is 0 Å². The van der Waals surface area contributed by atoms with Gasteiger partial charge in [-0.15, -0.1) is 0 Å². The molecule has 0 aromatic carbocycles. The molecule has 4 heteroatoms. The lowest BCUT2D eigenvalue weighted by molar-refractivity contribution is 0.298. The maximum atomic E-state index is 4.16. The van der Waals surface area contributed by atoms with Crippen LogP contribution in [0.15, 0.2) is 18.6 Å². The fraction of sp³-hybridized carbons (Fsp3) is 0.667. The SMILES string of the molecule is CCN(CC)CCCNCc1ccncn1. The molecule has 0 bridgehead atoms. The predicted octanol–water partition coefficient (Wildman–Crippen LogP) is 1.30. The van der Waals surface area contributed by atoms with Crippen LogP contribution in [0.2, 0.25) is 0 Å². The first-order valence-corrected chi connectivity index (χ1v) is 6.04. The minimum atomic E-state index is 0.834. The lowest BCUT2D eigenvalue weighted by Crippen LogP contribution is -2.27. The van der Waals surface area contributed by atoms with Crippen LogP contribution in [0.4, 0.5) is 0 Å². The summed E-state index contributed by atoms with van der Waals surface area (Å²) < 4.78 is 0. The molecule has 0 saturated heterocycles. The second kappa shape index (κ2) is 8.19. The highest BCUT2D eigenvalue weighted by atomic mass is 15.1. The van der Waals surface area contributed by atoms with Crippen molar-refractivity contribution >= 4 is 0 Å². The average Bonchev–Trinajstić information content (AvgIpc) is 2.35. The maximum absolute atomic E-state index is 4.16. The van der Waals surface area contributed by atoms with Gasteiger partial charge in [0.15, 0.2) is 0 Å². The van der Waals surface area contributed by atoms with E-state index in [-0.39, 0.29) is 0 Å². The zero-order chi connectivity index (χ0) is 11.6. The Morgan fingerprint density at radius 1 is 1.31 bits per heavy atom. The van der Waals surface area contributed by atoms with Crippen molar-refractivity contribution in [2.45, 2.75) is 26.8 Å². The number of hydrogen-bond acceptors (Lipinski definition) is 4. The van der Waals surface area contributed by atoms with Crippen LogP contribution in [0.1, 0.15) is 26.0 Å². The third kappa shape index (κ3) is 5.19. The van der Waals surface area contributed by atoms with Gasteiger partial charge in [0.25, 0.3) is 0 Å². The molecule has 0 aliphatic carbocycles. The third-order valence-electron chi connectivity index (χ3n) is 2.67. The molecule has 1 aromatic heterocycles. The van der Waals surface area contributed by atoms with Crippen molar-refractivity contribution in [1.82, 2.24) is 20.2 Å². The molecule has 0 fully saturated rings. The topological polar surface area (TPSA) is 41.0 Å². The summed E-state index contributed by atoms with van der Waals surface area (Å²) in [6.07, 6.45) is 4.56. The molecule has 1 heterocycles. The highest BCUT2D eigenvalue weighted by Crippen LogP contribution is 1.92. The molecule has 0 aliphatic heterocycles. The Balaban J connectivity index is 2.04. The minimum Gasteiger partial charge on any atom is -0.311 e. The molecule has 1 aromatic rings. The molecule has 0 spiro atoms. The van der Waals surface area contributed by atoms with Crippen molar-refractivity contribution in [3.05, 3.63) is 24.3 Å². The summed E-state index contributed by atoms with van der Waals surface area (Å²) in [5.41, 5.74) is 1.05. The summed E-state index contributed by atoms with van der Waals surface area (Å²) in [6.45, 7) is 9.74. The number of hydrogen-bond donors (Lipinski definition) is 1. The average molecular weight is 222 g/mol. The Morgan fingerprint density at radius 2 is 2.12 bits per heavy atom. The molecule has 1 rings (SSSR count). The molecule has 16 heavy (non-hydrogen) atoms. The molecular formula is C12H22N4. The van der Waals surface area contributed by atoms with Crippen molar-refractivity contribution in [1.29, 1.82) is 0 Å². The fourth-order valence-electron chi connectivity index (χ4n) is 1.61. The smallest absolute Gasteiger partial charge is 0.115 e. The van der Waals surface area contributed by atoms with Gasteiger partial charge in [0.1, 0.15) is 6.33 Å². The summed E-state index contributed by atoms with van der Waals surface area (Å²) in [7, 11) is 0. The minimum absolute atomic E-state index is 0.834. The van der Waals surface area contributed by atoms with E-state index >= 15 is 0 Å². The van der Waals surface area contributed by atoms with E-state index in [2.05, 4.69) is 34.0 Å². The van der Waals surface area contributed by atoms with E-state index in [0.717, 1.165) is 31.9 Å². The maximum Gasteiger partial charge on any atom is 0.115 e. The van der Waals surface area contributed by atoms with Crippen LogP contribution in [0.25, 0.3) is 0 Å². The highest BCUT2D eigenvalue weighted by molar-refractivity contribution is 4.96. The van der Waals surface area contributed by atoms with Gasteiger partial charge < -0.3 is 10.2 Å². The van der Waals surface area contributed by atoms with Crippen molar-refractivity contribution in [2.24, 2.45) is 0 Å². The Hall–Kier alpha value is -1.00. The van der Waals surface area contributed by atoms with Gasteiger partial charge in [-0.1, -0.05) is 13.8 Å². The summed E-state index contributed by atoms with van der Waals surface area (Å²) in [5, 5.41) is 3.39. The summed E-state index contributed by atoms with van der Waals surface area (Å²) in [4.78, 5) is 10.5. The van der Waals surface area contributed by atoms with E-state index < -0.39 is 0 Å². The Kier molecular flexibility index (Phi) is 6.69. The van der Waals surface area contributed by atoms with Gasteiger partial charge in [-0.2, -0.15) is 0 Å². The second-order valence-corrected chi connectivity index (χ2v) is 3.76. The zero-order valence-corrected chi connectivity index (χ0v) is 10.3. The molecular weight excluding hydrogens is 200 g/mol. The lowest BCUT2D eigenvalue weighted by Gasteiger charge is -2.17. The molecule has 0 saturated carbocycles. The molecule has 1 N–H and O–H groups in total. The normalized spacial score (nSPS) is 10.9. The highest BCUT2D eigenvalue weighted by Gasteiger charge is 1.98. The molecule has 0 atom stereocenters. The van der Waals surface area contributed by atoms with Gasteiger partial charge in [-0.05, 0) is 38.7 Å². The molecule has 0 amide bonds. The van der Waals surface area contributed by atoms with Crippen LogP contribution in [0.3, 0.4) is 0 Å². The number of aromatic nitrogens is 2. The van der Waals surface area contributed by atoms with Gasteiger partial charge in [-0.25, -0.2) is 9.97 Å². The number of nitrogens with one attached hydrogen (secondary N) is 1. The fourth-order valence-corrected chi connectivity index (χ4v) is 1.61. The summed E-state index contributed by atoms with van der Waals surface area (Å²) in [6, 6.07) is 1.94. The molecule has 0 radical (unpaired) electrons. The summed E-state index contributed by atoms with van der Waals surface area (Å²) in [5.74, 6) is 0. The van der Waals surface area contributed by atoms with Gasteiger partial charge >= 0.3 is 0 Å². The van der Waals surface area contributed by atoms with E-state index in [4.69, 9.17) is 0 Å². The standard InChI is InChI=1S/C12H22N4/c1-3-16(4-2)9-5-7-13-10-12-6-8-14-11-15-12/h6,8,11,13H,3-5,7,9-10H2,1-2H3. The molecule has 4 nitrogen and oxygen atoms in total. The van der Waals surface area contributed by atoms with E-state index in [0.29, 0.717) is 0 Å². The molecule has 0 unspecified atom stereocenters. The van der Waals surface area contributed by atoms with Crippen molar-refractivity contribution in [3.63, 3.8) is 0 Å². The van der Waals surface area contributed by atoms with Crippen LogP contribution in [0, 0.1) is 0 Å². The largest absolute Gasteiger partial charge is 0.311 e. The second-order valence-electron chi connectivity index (χ2n) is 3.76. The van der Waals surface area contributed by atoms with E-state index in [1.54, 1.807) is 12.5 Å². The van der Waals surface area contributed by atoms with Crippen molar-refractivity contribution in [3.8, 4) is 0 Å². The van der Waals surface area contributed by atoms with Gasteiger partial charge in [0.05, 0.1) is 5.69 Å². The third-order valence-corrected chi connectivity index (χ3v) is 2.67. The Labute approximate surface area is 98.1 Å². The van der Waals surface area contributed by atoms with E-state index in [1.165, 1.54) is 13.0 Å². The first-order valence-electron chi connectivity index (χ1n) is 6.04. The van der Waals surface area contributed by atoms with Crippen LogP contribution in [-0.2, 0) is 6.54 Å². The zero-order valence-electron chi connectivity index (χ0n) is 10.3. The van der Waals surface area contributed by atoms with Crippen LogP contribution in [-0.4, -0.2) is 41.0 Å². The number of rotatable bonds is 8. The predicted molar refractivity (Wildman–Crippen MR) is 66.1 cm³/mol. The van der Waals surface area contributed by atoms with Crippen molar-refractivity contribution < 1.29 is 0 Å².